The molecule has 0 bridgehead atoms. The molecule has 0 atom stereocenters. The lowest BCUT2D eigenvalue weighted by Gasteiger charge is -1.91. The van der Waals surface area contributed by atoms with Gasteiger partial charge in [-0.2, -0.15) is 0 Å². The van der Waals surface area contributed by atoms with Gasteiger partial charge in [-0.05, 0) is 12.1 Å². The van der Waals surface area contributed by atoms with Gasteiger partial charge in [-0.15, -0.1) is 5.10 Å². The van der Waals surface area contributed by atoms with Crippen LogP contribution in [0.1, 0.15) is 0 Å². The van der Waals surface area contributed by atoms with Crippen LogP contribution in [-0.4, -0.2) is 14.8 Å². The van der Waals surface area contributed by atoms with E-state index < -0.39 is 0 Å². The van der Waals surface area contributed by atoms with Crippen LogP contribution >= 0.6 is 0 Å². The molecular formula is C6H9N5. The molecule has 0 aromatic carbocycles. The predicted molar refractivity (Wildman–Crippen MR) is 42.4 cm³/mol. The standard InChI is InChI=1S/C6H6N4.H3N/c7-5-1-2-6-3-8-9-10(6)4-5;/h1-4H,7H2;1H3. The Kier molecular flexibility index (Phi) is 1.74. The van der Waals surface area contributed by atoms with Crippen LogP contribution in [0.4, 0.5) is 5.69 Å². The van der Waals surface area contributed by atoms with E-state index in [0.717, 1.165) is 5.52 Å². The summed E-state index contributed by atoms with van der Waals surface area (Å²) in [5.74, 6) is 0. The highest BCUT2D eigenvalue weighted by Gasteiger charge is 1.91. The summed E-state index contributed by atoms with van der Waals surface area (Å²) in [7, 11) is 0. The van der Waals surface area contributed by atoms with E-state index in [0.29, 0.717) is 5.69 Å². The zero-order valence-corrected chi connectivity index (χ0v) is 5.94. The molecular weight excluding hydrogens is 142 g/mol. The number of fused-ring (bicyclic) bond motifs is 1. The minimum atomic E-state index is 0. The molecule has 2 rings (SSSR count). The van der Waals surface area contributed by atoms with Gasteiger partial charge in [-0.1, -0.05) is 5.21 Å². The average Bonchev–Trinajstić information content (AvgIpc) is 2.33. The molecule has 0 saturated heterocycles. The molecule has 58 valence electrons. The molecule has 0 saturated carbocycles. The molecule has 2 aromatic heterocycles. The Labute approximate surface area is 63.4 Å². The topological polar surface area (TPSA) is 91.2 Å². The predicted octanol–water partition coefficient (Wildman–Crippen LogP) is 0.473. The van der Waals surface area contributed by atoms with E-state index in [1.165, 1.54) is 0 Å². The lowest BCUT2D eigenvalue weighted by atomic mass is 10.4. The van der Waals surface area contributed by atoms with Crippen LogP contribution in [-0.2, 0) is 0 Å². The minimum absolute atomic E-state index is 0. The van der Waals surface area contributed by atoms with Gasteiger partial charge in [0.2, 0.25) is 0 Å². The summed E-state index contributed by atoms with van der Waals surface area (Å²) in [5, 5.41) is 7.47. The fourth-order valence-electron chi connectivity index (χ4n) is 0.837. The minimum Gasteiger partial charge on any atom is -0.397 e. The van der Waals surface area contributed by atoms with Crippen LogP contribution in [0.25, 0.3) is 5.52 Å². The van der Waals surface area contributed by atoms with E-state index in [9.17, 15) is 0 Å². The van der Waals surface area contributed by atoms with Crippen LogP contribution < -0.4 is 11.9 Å². The SMILES string of the molecule is N.Nc1ccc2cnnn2c1. The van der Waals surface area contributed by atoms with E-state index in [2.05, 4.69) is 10.3 Å². The largest absolute Gasteiger partial charge is 0.397 e. The monoisotopic (exact) mass is 151 g/mol. The van der Waals surface area contributed by atoms with Crippen molar-refractivity contribution in [1.82, 2.24) is 21.0 Å². The fourth-order valence-corrected chi connectivity index (χ4v) is 0.837. The third kappa shape index (κ3) is 1.13. The average molecular weight is 151 g/mol. The van der Waals surface area contributed by atoms with Crippen molar-refractivity contribution in [2.24, 2.45) is 0 Å². The lowest BCUT2D eigenvalue weighted by Crippen LogP contribution is -1.90. The summed E-state index contributed by atoms with van der Waals surface area (Å²) in [6.45, 7) is 0. The molecule has 11 heavy (non-hydrogen) atoms. The molecule has 5 N–H and O–H groups in total. The molecule has 2 heterocycles. The second-order valence-electron chi connectivity index (χ2n) is 2.07. The number of hydrogen-bond donors (Lipinski definition) is 2. The normalized spacial score (nSPS) is 9.45. The maximum absolute atomic E-state index is 5.49. The Morgan fingerprint density at radius 1 is 1.36 bits per heavy atom. The second-order valence-corrected chi connectivity index (χ2v) is 2.07. The van der Waals surface area contributed by atoms with Crippen LogP contribution in [0.3, 0.4) is 0 Å². The van der Waals surface area contributed by atoms with Crippen molar-refractivity contribution in [2.45, 2.75) is 0 Å². The first-order chi connectivity index (χ1) is 4.86. The number of rotatable bonds is 0. The molecule has 0 amide bonds. The molecule has 0 aliphatic rings. The third-order valence-corrected chi connectivity index (χ3v) is 1.32. The van der Waals surface area contributed by atoms with Gasteiger partial charge in [0.15, 0.2) is 0 Å². The van der Waals surface area contributed by atoms with Crippen molar-refractivity contribution < 1.29 is 0 Å². The van der Waals surface area contributed by atoms with Gasteiger partial charge >= 0.3 is 0 Å². The van der Waals surface area contributed by atoms with Gasteiger partial charge < -0.3 is 11.9 Å². The van der Waals surface area contributed by atoms with Crippen LogP contribution in [0.2, 0.25) is 0 Å². The summed E-state index contributed by atoms with van der Waals surface area (Å²) in [6, 6.07) is 3.69. The molecule has 0 spiro atoms. The van der Waals surface area contributed by atoms with Crippen molar-refractivity contribution in [1.29, 1.82) is 0 Å². The van der Waals surface area contributed by atoms with E-state index in [4.69, 9.17) is 5.73 Å². The highest BCUT2D eigenvalue weighted by molar-refractivity contribution is 5.49. The Hall–Kier alpha value is -1.62. The van der Waals surface area contributed by atoms with Crippen LogP contribution in [0.15, 0.2) is 24.5 Å². The molecule has 0 aliphatic carbocycles. The second kappa shape index (κ2) is 2.55. The summed E-state index contributed by atoms with van der Waals surface area (Å²) >= 11 is 0. The zero-order chi connectivity index (χ0) is 6.97. The first-order valence-electron chi connectivity index (χ1n) is 2.92. The number of nitrogens with two attached hydrogens (primary N) is 1. The van der Waals surface area contributed by atoms with Crippen molar-refractivity contribution in [2.75, 3.05) is 5.73 Å². The van der Waals surface area contributed by atoms with Gasteiger partial charge in [-0.3, -0.25) is 0 Å². The first-order valence-corrected chi connectivity index (χ1v) is 2.92. The van der Waals surface area contributed by atoms with Crippen LogP contribution in [0, 0.1) is 0 Å². The Bertz CT molecular complexity index is 353. The number of aromatic nitrogens is 3. The fraction of sp³-hybridized carbons (Fsp3) is 0. The zero-order valence-electron chi connectivity index (χ0n) is 5.94. The van der Waals surface area contributed by atoms with E-state index in [-0.39, 0.29) is 6.15 Å². The quantitative estimate of drug-likeness (QED) is 0.572. The van der Waals surface area contributed by atoms with Crippen molar-refractivity contribution >= 4 is 11.2 Å². The lowest BCUT2D eigenvalue weighted by molar-refractivity contribution is 0.857. The Morgan fingerprint density at radius 2 is 2.18 bits per heavy atom. The summed E-state index contributed by atoms with van der Waals surface area (Å²) in [4.78, 5) is 0. The van der Waals surface area contributed by atoms with E-state index >= 15 is 0 Å². The molecule has 0 aliphatic heterocycles. The third-order valence-electron chi connectivity index (χ3n) is 1.32. The molecule has 5 heteroatoms. The number of nitrogen functional groups attached to an aromatic ring is 1. The van der Waals surface area contributed by atoms with Crippen molar-refractivity contribution in [3.05, 3.63) is 24.5 Å². The van der Waals surface area contributed by atoms with E-state index in [1.807, 2.05) is 12.1 Å². The van der Waals surface area contributed by atoms with Gasteiger partial charge in [0.25, 0.3) is 0 Å². The summed E-state index contributed by atoms with van der Waals surface area (Å²) in [6.07, 6.45) is 3.40. The van der Waals surface area contributed by atoms with Gasteiger partial charge in [0, 0.05) is 0 Å². The molecule has 0 unspecified atom stereocenters. The summed E-state index contributed by atoms with van der Waals surface area (Å²) < 4.78 is 1.63. The van der Waals surface area contributed by atoms with Gasteiger partial charge in [-0.25, -0.2) is 4.52 Å². The van der Waals surface area contributed by atoms with Crippen LogP contribution in [0.5, 0.6) is 0 Å². The highest BCUT2D eigenvalue weighted by atomic mass is 15.4. The maximum atomic E-state index is 5.49. The smallest absolute Gasteiger partial charge is 0.0866 e. The Morgan fingerprint density at radius 3 is 3.00 bits per heavy atom. The Balaban J connectivity index is 0.000000605. The van der Waals surface area contributed by atoms with Gasteiger partial charge in [0.1, 0.15) is 0 Å². The number of hydrogen-bond acceptors (Lipinski definition) is 4. The number of anilines is 1. The first kappa shape index (κ1) is 7.49. The van der Waals surface area contributed by atoms with Crippen molar-refractivity contribution in [3.8, 4) is 0 Å². The highest BCUT2D eigenvalue weighted by Crippen LogP contribution is 2.03. The van der Waals surface area contributed by atoms with Crippen molar-refractivity contribution in [3.63, 3.8) is 0 Å². The molecule has 0 fully saturated rings. The number of nitrogens with zero attached hydrogens (tertiary/aromatic N) is 3. The molecule has 5 nitrogen and oxygen atoms in total. The number of pyridine rings is 1. The van der Waals surface area contributed by atoms with Gasteiger partial charge in [0.05, 0.1) is 23.6 Å². The summed E-state index contributed by atoms with van der Waals surface area (Å²) in [5.41, 5.74) is 7.14. The molecule has 0 radical (unpaired) electrons. The molecule has 2 aromatic rings. The van der Waals surface area contributed by atoms with E-state index in [1.54, 1.807) is 16.9 Å². The maximum Gasteiger partial charge on any atom is 0.0866 e.